The standard InChI is InChI=1S/C10H6ClN3O3S2/c11-7-1-2-8(14(16)17)6(3-7)4-12-13-9(15)5-19-10(13)18/h1-4H,5H2/b12-4+. The molecule has 0 radical (unpaired) electrons. The van der Waals surface area contributed by atoms with E-state index in [4.69, 9.17) is 23.8 Å². The van der Waals surface area contributed by atoms with Crippen LogP contribution in [0.4, 0.5) is 5.69 Å². The van der Waals surface area contributed by atoms with Gasteiger partial charge in [-0.1, -0.05) is 35.6 Å². The number of thioether (sulfide) groups is 1. The van der Waals surface area contributed by atoms with E-state index in [0.717, 1.165) is 5.01 Å². The van der Waals surface area contributed by atoms with Gasteiger partial charge in [0.1, 0.15) is 0 Å². The first-order valence-electron chi connectivity index (χ1n) is 4.96. The highest BCUT2D eigenvalue weighted by Gasteiger charge is 2.26. The molecule has 0 aliphatic carbocycles. The number of thiocarbonyl (C=S) groups is 1. The minimum atomic E-state index is -0.545. The Morgan fingerprint density at radius 1 is 1.58 bits per heavy atom. The van der Waals surface area contributed by atoms with Gasteiger partial charge < -0.3 is 0 Å². The second-order valence-corrected chi connectivity index (χ2v) is 5.51. The predicted molar refractivity (Wildman–Crippen MR) is 77.6 cm³/mol. The molecule has 98 valence electrons. The molecule has 2 rings (SSSR count). The van der Waals surface area contributed by atoms with Gasteiger partial charge in [0.25, 0.3) is 11.6 Å². The van der Waals surface area contributed by atoms with E-state index in [9.17, 15) is 14.9 Å². The van der Waals surface area contributed by atoms with Crippen molar-refractivity contribution in [1.82, 2.24) is 5.01 Å². The minimum Gasteiger partial charge on any atom is -0.272 e. The van der Waals surface area contributed by atoms with E-state index < -0.39 is 4.92 Å². The van der Waals surface area contributed by atoms with Gasteiger partial charge in [-0.2, -0.15) is 10.1 Å². The van der Waals surface area contributed by atoms with Gasteiger partial charge in [-0.25, -0.2) is 0 Å². The molecule has 1 aromatic carbocycles. The van der Waals surface area contributed by atoms with Gasteiger partial charge in [-0.15, -0.1) is 0 Å². The van der Waals surface area contributed by atoms with Gasteiger partial charge in [0.05, 0.1) is 22.5 Å². The lowest BCUT2D eigenvalue weighted by atomic mass is 10.2. The summed E-state index contributed by atoms with van der Waals surface area (Å²) in [5, 5.41) is 16.1. The van der Waals surface area contributed by atoms with Crippen LogP contribution in [-0.4, -0.2) is 32.1 Å². The van der Waals surface area contributed by atoms with Crippen molar-refractivity contribution in [3.63, 3.8) is 0 Å². The fraction of sp³-hybridized carbons (Fsp3) is 0.100. The SMILES string of the molecule is O=C1CSC(=S)N1/N=C/c1cc(Cl)ccc1[N+](=O)[O-]. The van der Waals surface area contributed by atoms with Crippen molar-refractivity contribution < 1.29 is 9.72 Å². The first-order valence-corrected chi connectivity index (χ1v) is 6.74. The summed E-state index contributed by atoms with van der Waals surface area (Å²) in [7, 11) is 0. The van der Waals surface area contributed by atoms with Crippen LogP contribution in [0.25, 0.3) is 0 Å². The number of hydrogen-bond donors (Lipinski definition) is 0. The van der Waals surface area contributed by atoms with Crippen LogP contribution in [0.5, 0.6) is 0 Å². The third-order valence-electron chi connectivity index (χ3n) is 2.23. The number of hydrogen-bond acceptors (Lipinski definition) is 6. The first-order chi connectivity index (χ1) is 8.99. The largest absolute Gasteiger partial charge is 0.278 e. The molecule has 1 aliphatic rings. The van der Waals surface area contributed by atoms with Crippen molar-refractivity contribution in [2.45, 2.75) is 0 Å². The third kappa shape index (κ3) is 3.09. The summed E-state index contributed by atoms with van der Waals surface area (Å²) in [6.07, 6.45) is 1.21. The zero-order valence-corrected chi connectivity index (χ0v) is 11.7. The second-order valence-electron chi connectivity index (χ2n) is 3.46. The number of hydrazone groups is 1. The zero-order chi connectivity index (χ0) is 14.0. The molecule has 1 aromatic rings. The van der Waals surface area contributed by atoms with Crippen LogP contribution in [0.15, 0.2) is 23.3 Å². The number of carbonyl (C=O) groups excluding carboxylic acids is 1. The highest BCUT2D eigenvalue weighted by molar-refractivity contribution is 8.23. The number of rotatable bonds is 3. The Kier molecular flexibility index (Phi) is 4.13. The number of benzene rings is 1. The Bertz CT molecular complexity index is 590. The fourth-order valence-electron chi connectivity index (χ4n) is 1.37. The van der Waals surface area contributed by atoms with E-state index >= 15 is 0 Å². The predicted octanol–water partition coefficient (Wildman–Crippen LogP) is 2.44. The Morgan fingerprint density at radius 2 is 2.32 bits per heavy atom. The van der Waals surface area contributed by atoms with Gasteiger partial charge in [0, 0.05) is 11.1 Å². The average Bonchev–Trinajstić information content (AvgIpc) is 2.66. The number of halogens is 1. The van der Waals surface area contributed by atoms with Crippen molar-refractivity contribution in [3.05, 3.63) is 38.9 Å². The fourth-order valence-corrected chi connectivity index (χ4v) is 2.52. The molecule has 0 aromatic heterocycles. The van der Waals surface area contributed by atoms with E-state index in [1.54, 1.807) is 0 Å². The molecule has 9 heteroatoms. The molecule has 1 heterocycles. The van der Waals surface area contributed by atoms with Crippen LogP contribution in [0.3, 0.4) is 0 Å². The average molecular weight is 316 g/mol. The quantitative estimate of drug-likeness (QED) is 0.370. The molecule has 6 nitrogen and oxygen atoms in total. The maximum atomic E-state index is 11.4. The third-order valence-corrected chi connectivity index (χ3v) is 3.80. The summed E-state index contributed by atoms with van der Waals surface area (Å²) in [6, 6.07) is 4.10. The molecule has 0 saturated carbocycles. The van der Waals surface area contributed by atoms with Gasteiger partial charge in [0.15, 0.2) is 4.32 Å². The van der Waals surface area contributed by atoms with E-state index in [-0.39, 0.29) is 22.9 Å². The van der Waals surface area contributed by atoms with Gasteiger partial charge in [-0.05, 0) is 12.1 Å². The molecule has 0 unspecified atom stereocenters. The van der Waals surface area contributed by atoms with Gasteiger partial charge in [0.2, 0.25) is 0 Å². The van der Waals surface area contributed by atoms with E-state index in [1.807, 2.05) is 0 Å². The van der Waals surface area contributed by atoms with Gasteiger partial charge in [-0.3, -0.25) is 14.9 Å². The van der Waals surface area contributed by atoms with Crippen LogP contribution in [-0.2, 0) is 4.79 Å². The summed E-state index contributed by atoms with van der Waals surface area (Å²) < 4.78 is 0.325. The lowest BCUT2D eigenvalue weighted by Crippen LogP contribution is -2.22. The molecule has 0 bridgehead atoms. The molecular formula is C10H6ClN3O3S2. The molecule has 1 saturated heterocycles. The Balaban J connectivity index is 2.32. The maximum Gasteiger partial charge on any atom is 0.278 e. The summed E-state index contributed by atoms with van der Waals surface area (Å²) in [5.41, 5.74) is 0.0726. The lowest BCUT2D eigenvalue weighted by Gasteiger charge is -2.06. The monoisotopic (exact) mass is 315 g/mol. The normalized spacial score (nSPS) is 15.5. The summed E-state index contributed by atoms with van der Waals surface area (Å²) in [4.78, 5) is 21.7. The summed E-state index contributed by atoms with van der Waals surface area (Å²) in [6.45, 7) is 0. The summed E-state index contributed by atoms with van der Waals surface area (Å²) in [5.74, 6) is -0.0238. The molecule has 0 spiro atoms. The number of nitro groups is 1. The van der Waals surface area contributed by atoms with Crippen molar-refractivity contribution in [3.8, 4) is 0 Å². The van der Waals surface area contributed by atoms with Crippen LogP contribution in [0, 0.1) is 10.1 Å². The number of amides is 1. The van der Waals surface area contributed by atoms with Crippen molar-refractivity contribution in [1.29, 1.82) is 0 Å². The van der Waals surface area contributed by atoms with Crippen LogP contribution >= 0.6 is 35.6 Å². The van der Waals surface area contributed by atoms with Crippen molar-refractivity contribution in [2.24, 2.45) is 5.10 Å². The second kappa shape index (κ2) is 5.64. The van der Waals surface area contributed by atoms with Crippen LogP contribution in [0.1, 0.15) is 5.56 Å². The molecule has 0 N–H and O–H groups in total. The van der Waals surface area contributed by atoms with Crippen LogP contribution < -0.4 is 0 Å². The highest BCUT2D eigenvalue weighted by atomic mass is 35.5. The smallest absolute Gasteiger partial charge is 0.272 e. The minimum absolute atomic E-state index is 0.140. The zero-order valence-electron chi connectivity index (χ0n) is 9.28. The molecule has 1 fully saturated rings. The summed E-state index contributed by atoms with van der Waals surface area (Å²) >= 11 is 11.9. The van der Waals surface area contributed by atoms with E-state index in [1.165, 1.54) is 36.2 Å². The number of nitro benzene ring substituents is 1. The van der Waals surface area contributed by atoms with Crippen molar-refractivity contribution in [2.75, 3.05) is 5.75 Å². The number of carbonyl (C=O) groups is 1. The van der Waals surface area contributed by atoms with Crippen molar-refractivity contribution >= 4 is 57.7 Å². The number of nitrogens with zero attached hydrogens (tertiary/aromatic N) is 3. The van der Waals surface area contributed by atoms with Gasteiger partial charge >= 0.3 is 0 Å². The molecule has 1 amide bonds. The lowest BCUT2D eigenvalue weighted by molar-refractivity contribution is -0.385. The van der Waals surface area contributed by atoms with Crippen LogP contribution in [0.2, 0.25) is 5.02 Å². The highest BCUT2D eigenvalue weighted by Crippen LogP contribution is 2.23. The molecule has 0 atom stereocenters. The van der Waals surface area contributed by atoms with E-state index in [2.05, 4.69) is 5.10 Å². The Labute approximate surface area is 122 Å². The topological polar surface area (TPSA) is 75.8 Å². The molecule has 1 aliphatic heterocycles. The Morgan fingerprint density at radius 3 is 2.89 bits per heavy atom. The first kappa shape index (κ1) is 13.9. The molecule has 19 heavy (non-hydrogen) atoms. The van der Waals surface area contributed by atoms with E-state index in [0.29, 0.717) is 9.34 Å². The maximum absolute atomic E-state index is 11.4. The molecular weight excluding hydrogens is 310 g/mol. The Hall–Kier alpha value is -1.51.